The molecule has 0 atom stereocenters. The average molecular weight is 414 g/mol. The third-order valence-electron chi connectivity index (χ3n) is 4.34. The minimum absolute atomic E-state index is 0.101. The molecule has 146 valence electrons. The van der Waals surface area contributed by atoms with Crippen molar-refractivity contribution in [3.8, 4) is 16.9 Å². The predicted molar refractivity (Wildman–Crippen MR) is 107 cm³/mol. The van der Waals surface area contributed by atoms with Crippen molar-refractivity contribution < 1.29 is 13.5 Å². The molecule has 0 fully saturated rings. The molecule has 29 heavy (non-hydrogen) atoms. The second-order valence-corrected chi connectivity index (χ2v) is 6.54. The number of halogens is 3. The Balaban J connectivity index is 1.81. The number of hydrogen-bond acceptors (Lipinski definition) is 6. The molecule has 0 radical (unpaired) electrons. The predicted octanol–water partition coefficient (Wildman–Crippen LogP) is 4.48. The lowest BCUT2D eigenvalue weighted by atomic mass is 9.96. The van der Waals surface area contributed by atoms with E-state index >= 15 is 0 Å². The fourth-order valence-electron chi connectivity index (χ4n) is 2.99. The number of ether oxygens (including phenoxy) is 1. The molecule has 3 aromatic rings. The molecule has 2 aromatic carbocycles. The molecule has 2 N–H and O–H groups in total. The zero-order chi connectivity index (χ0) is 20.4. The van der Waals surface area contributed by atoms with Crippen molar-refractivity contribution in [1.82, 2.24) is 9.97 Å². The van der Waals surface area contributed by atoms with Gasteiger partial charge in [0.2, 0.25) is 0 Å². The summed E-state index contributed by atoms with van der Waals surface area (Å²) in [5.74, 6) is -1.31. The zero-order valence-electron chi connectivity index (χ0n) is 14.9. The topological polar surface area (TPSA) is 83.2 Å². The molecular formula is C20H14ClF2N5O. The standard InChI is InChI=1S/C20H14ClF2N5O/c21-18-14(22)3-1-12(19(18)23)13-2-4-16(29-9-11-7-25-5-6-27-11)17-15(24)8-26-10-28-20(13)17/h1-7,10,24H,8-9H2,(H,26,28). The molecule has 1 aliphatic rings. The molecule has 9 heteroatoms. The van der Waals surface area contributed by atoms with E-state index in [-0.39, 0.29) is 24.4 Å². The van der Waals surface area contributed by atoms with Crippen LogP contribution in [-0.2, 0) is 6.61 Å². The largest absolute Gasteiger partial charge is 0.486 e. The van der Waals surface area contributed by atoms with Crippen LogP contribution in [0.2, 0.25) is 5.02 Å². The molecule has 1 aliphatic heterocycles. The average Bonchev–Trinajstić information content (AvgIpc) is 2.94. The van der Waals surface area contributed by atoms with Gasteiger partial charge in [0.1, 0.15) is 23.2 Å². The summed E-state index contributed by atoms with van der Waals surface area (Å²) in [5.41, 5.74) is 2.17. The number of anilines is 1. The van der Waals surface area contributed by atoms with Gasteiger partial charge in [0.05, 0.1) is 41.7 Å². The van der Waals surface area contributed by atoms with Crippen LogP contribution >= 0.6 is 11.6 Å². The van der Waals surface area contributed by atoms with Crippen molar-refractivity contribution in [2.24, 2.45) is 4.99 Å². The number of rotatable bonds is 4. The van der Waals surface area contributed by atoms with Gasteiger partial charge < -0.3 is 15.5 Å². The van der Waals surface area contributed by atoms with E-state index in [1.165, 1.54) is 12.4 Å². The van der Waals surface area contributed by atoms with Gasteiger partial charge in [0, 0.05) is 23.5 Å². The maximum Gasteiger partial charge on any atom is 0.152 e. The molecule has 0 bridgehead atoms. The number of nitrogens with one attached hydrogen (secondary N) is 2. The molecule has 0 aliphatic carbocycles. The summed E-state index contributed by atoms with van der Waals surface area (Å²) in [4.78, 5) is 12.2. The molecule has 1 aromatic heterocycles. The van der Waals surface area contributed by atoms with Gasteiger partial charge in [-0.1, -0.05) is 11.6 Å². The van der Waals surface area contributed by atoms with E-state index in [0.717, 1.165) is 6.07 Å². The Morgan fingerprint density at radius 3 is 2.76 bits per heavy atom. The van der Waals surface area contributed by atoms with Gasteiger partial charge >= 0.3 is 0 Å². The molecular weight excluding hydrogens is 400 g/mol. The Morgan fingerprint density at radius 2 is 1.97 bits per heavy atom. The fraction of sp³-hybridized carbons (Fsp3) is 0.100. The first kappa shape index (κ1) is 18.9. The molecule has 4 rings (SSSR count). The van der Waals surface area contributed by atoms with Gasteiger partial charge in [-0.15, -0.1) is 0 Å². The highest BCUT2D eigenvalue weighted by Crippen LogP contribution is 2.40. The summed E-state index contributed by atoms with van der Waals surface area (Å²) >= 11 is 5.75. The van der Waals surface area contributed by atoms with Crippen LogP contribution in [0.5, 0.6) is 5.75 Å². The highest BCUT2D eigenvalue weighted by Gasteiger charge is 2.23. The number of aliphatic imine (C=N–C) groups is 1. The molecule has 0 amide bonds. The van der Waals surface area contributed by atoms with Gasteiger partial charge in [-0.25, -0.2) is 8.78 Å². The van der Waals surface area contributed by atoms with Gasteiger partial charge in [-0.3, -0.25) is 15.0 Å². The quantitative estimate of drug-likeness (QED) is 0.618. The van der Waals surface area contributed by atoms with Gasteiger partial charge in [-0.2, -0.15) is 0 Å². The zero-order valence-corrected chi connectivity index (χ0v) is 15.7. The Kier molecular flexibility index (Phi) is 5.18. The van der Waals surface area contributed by atoms with Crippen LogP contribution in [0.25, 0.3) is 11.1 Å². The van der Waals surface area contributed by atoms with Crippen LogP contribution in [-0.4, -0.2) is 28.6 Å². The van der Waals surface area contributed by atoms with Crippen LogP contribution < -0.4 is 10.1 Å². The highest BCUT2D eigenvalue weighted by atomic mass is 35.5. The Bertz CT molecular complexity index is 1120. The fourth-order valence-corrected chi connectivity index (χ4v) is 3.16. The van der Waals surface area contributed by atoms with Crippen molar-refractivity contribution >= 4 is 29.3 Å². The van der Waals surface area contributed by atoms with E-state index in [4.69, 9.17) is 21.7 Å². The molecule has 0 saturated carbocycles. The summed E-state index contributed by atoms with van der Waals surface area (Å²) < 4.78 is 34.1. The number of benzene rings is 2. The third kappa shape index (κ3) is 3.66. The summed E-state index contributed by atoms with van der Waals surface area (Å²) in [6.45, 7) is 0.266. The molecule has 0 saturated heterocycles. The lowest BCUT2D eigenvalue weighted by Gasteiger charge is -2.18. The highest BCUT2D eigenvalue weighted by molar-refractivity contribution is 6.31. The second-order valence-electron chi connectivity index (χ2n) is 6.16. The van der Waals surface area contributed by atoms with Crippen molar-refractivity contribution in [1.29, 1.82) is 5.41 Å². The molecule has 6 nitrogen and oxygen atoms in total. The van der Waals surface area contributed by atoms with E-state index in [1.807, 2.05) is 0 Å². The number of aromatic nitrogens is 2. The van der Waals surface area contributed by atoms with Gasteiger partial charge in [-0.05, 0) is 24.3 Å². The normalized spacial score (nSPS) is 12.9. The van der Waals surface area contributed by atoms with Crippen LogP contribution in [0.1, 0.15) is 11.3 Å². The lowest BCUT2D eigenvalue weighted by molar-refractivity contribution is 0.300. The summed E-state index contributed by atoms with van der Waals surface area (Å²) in [5, 5.41) is 10.8. The first-order valence-electron chi connectivity index (χ1n) is 8.57. The smallest absolute Gasteiger partial charge is 0.152 e. The van der Waals surface area contributed by atoms with Crippen LogP contribution in [0.4, 0.5) is 14.5 Å². The Labute approximate surface area is 169 Å². The maximum absolute atomic E-state index is 14.7. The minimum atomic E-state index is -0.878. The number of fused-ring (bicyclic) bond motifs is 1. The van der Waals surface area contributed by atoms with Crippen molar-refractivity contribution in [3.63, 3.8) is 0 Å². The van der Waals surface area contributed by atoms with Crippen molar-refractivity contribution in [3.05, 3.63) is 70.8 Å². The molecule has 2 heterocycles. The first-order chi connectivity index (χ1) is 14.1. The lowest BCUT2D eigenvalue weighted by Crippen LogP contribution is -2.10. The third-order valence-corrected chi connectivity index (χ3v) is 4.68. The summed E-state index contributed by atoms with van der Waals surface area (Å²) in [7, 11) is 0. The SMILES string of the molecule is N=C1CN=CNc2c(-c3ccc(F)c(Cl)c3F)ccc(OCc3cnccn3)c21. The Hall–Kier alpha value is -3.39. The summed E-state index contributed by atoms with van der Waals surface area (Å²) in [6.07, 6.45) is 6.12. The minimum Gasteiger partial charge on any atom is -0.486 e. The second kappa shape index (κ2) is 7.92. The van der Waals surface area contributed by atoms with E-state index in [1.54, 1.807) is 30.7 Å². The molecule has 0 unspecified atom stereocenters. The Morgan fingerprint density at radius 1 is 1.14 bits per heavy atom. The first-order valence-corrected chi connectivity index (χ1v) is 8.95. The van der Waals surface area contributed by atoms with Crippen molar-refractivity contribution in [2.75, 3.05) is 11.9 Å². The number of nitrogens with zero attached hydrogens (tertiary/aromatic N) is 3. The number of hydrogen-bond donors (Lipinski definition) is 2. The van der Waals surface area contributed by atoms with Crippen LogP contribution in [0, 0.1) is 17.0 Å². The summed E-state index contributed by atoms with van der Waals surface area (Å²) in [6, 6.07) is 5.65. The monoisotopic (exact) mass is 413 g/mol. The van der Waals surface area contributed by atoms with E-state index < -0.39 is 16.7 Å². The van der Waals surface area contributed by atoms with E-state index in [9.17, 15) is 8.78 Å². The molecule has 0 spiro atoms. The van der Waals surface area contributed by atoms with Crippen LogP contribution in [0.3, 0.4) is 0 Å². The van der Waals surface area contributed by atoms with Gasteiger partial charge in [0.15, 0.2) is 5.82 Å². The van der Waals surface area contributed by atoms with E-state index in [0.29, 0.717) is 28.3 Å². The van der Waals surface area contributed by atoms with Gasteiger partial charge in [0.25, 0.3) is 0 Å². The van der Waals surface area contributed by atoms with Crippen LogP contribution in [0.15, 0.2) is 47.8 Å². The maximum atomic E-state index is 14.7. The van der Waals surface area contributed by atoms with Crippen molar-refractivity contribution in [2.45, 2.75) is 6.61 Å². The van der Waals surface area contributed by atoms with E-state index in [2.05, 4.69) is 20.3 Å².